The van der Waals surface area contributed by atoms with Crippen LogP contribution in [-0.2, 0) is 16.2 Å². The monoisotopic (exact) mass is 469 g/mol. The fourth-order valence-corrected chi connectivity index (χ4v) is 4.11. The molecule has 32 heavy (non-hydrogen) atoms. The number of ether oxygens (including phenoxy) is 1. The Hall–Kier alpha value is -3.14. The molecule has 0 heterocycles. The Labute approximate surface area is 180 Å². The van der Waals surface area contributed by atoms with Crippen molar-refractivity contribution in [2.75, 3.05) is 4.72 Å². The first kappa shape index (κ1) is 22.1. The average Bonchev–Trinajstić information content (AvgIpc) is 3.52. The molecule has 3 aromatic rings. The highest BCUT2D eigenvalue weighted by molar-refractivity contribution is 7.92. The first-order valence-electron chi connectivity index (χ1n) is 9.48. The highest BCUT2D eigenvalue weighted by Gasteiger charge is 2.32. The van der Waals surface area contributed by atoms with E-state index in [-0.39, 0.29) is 17.4 Å². The van der Waals surface area contributed by atoms with Gasteiger partial charge in [0.25, 0.3) is 10.0 Å². The van der Waals surface area contributed by atoms with E-state index in [2.05, 4.69) is 0 Å². The van der Waals surface area contributed by atoms with Gasteiger partial charge in [-0.05, 0) is 66.4 Å². The quantitative estimate of drug-likeness (QED) is 0.451. The lowest BCUT2D eigenvalue weighted by atomic mass is 10.0. The first-order valence-corrected chi connectivity index (χ1v) is 11.0. The lowest BCUT2D eigenvalue weighted by Gasteiger charge is -2.13. The van der Waals surface area contributed by atoms with Crippen LogP contribution < -0.4 is 9.46 Å². The van der Waals surface area contributed by atoms with E-state index in [9.17, 15) is 30.4 Å². The molecular weight excluding hydrogens is 453 g/mol. The summed E-state index contributed by atoms with van der Waals surface area (Å²) in [5, 5.41) is 0. The Balaban J connectivity index is 1.66. The summed E-state index contributed by atoms with van der Waals surface area (Å²) in [4.78, 5) is -0.678. The van der Waals surface area contributed by atoms with Crippen LogP contribution in [0.4, 0.5) is 27.6 Å². The van der Waals surface area contributed by atoms with Gasteiger partial charge in [0.15, 0.2) is 0 Å². The van der Waals surface area contributed by atoms with Gasteiger partial charge in [-0.3, -0.25) is 4.72 Å². The van der Waals surface area contributed by atoms with Crippen LogP contribution in [0, 0.1) is 11.6 Å². The normalized spacial score (nSPS) is 14.3. The fourth-order valence-electron chi connectivity index (χ4n) is 3.00. The molecular formula is C22H16F5NO3S. The Kier molecular flexibility index (Phi) is 5.58. The number of benzene rings is 3. The largest absolute Gasteiger partial charge is 0.490 e. The summed E-state index contributed by atoms with van der Waals surface area (Å²) in [7, 11) is -4.53. The van der Waals surface area contributed by atoms with Crippen LogP contribution in [0.2, 0.25) is 0 Å². The van der Waals surface area contributed by atoms with E-state index in [1.807, 2.05) is 4.72 Å². The van der Waals surface area contributed by atoms with Crippen LogP contribution in [0.15, 0.2) is 65.6 Å². The maximum absolute atomic E-state index is 14.3. The molecule has 1 fully saturated rings. The SMILES string of the molecule is O=S(=O)(Nc1cc(-c2cc(F)cc(OC3CC3)c2)ccc1F)c1cccc(C(F)(F)F)c1. The van der Waals surface area contributed by atoms with E-state index in [0.717, 1.165) is 43.2 Å². The molecule has 1 saturated carbocycles. The van der Waals surface area contributed by atoms with Crippen LogP contribution in [0.1, 0.15) is 18.4 Å². The number of hydrogen-bond donors (Lipinski definition) is 1. The molecule has 0 aliphatic heterocycles. The lowest BCUT2D eigenvalue weighted by molar-refractivity contribution is -0.137. The van der Waals surface area contributed by atoms with Gasteiger partial charge in [0, 0.05) is 6.07 Å². The minimum Gasteiger partial charge on any atom is -0.490 e. The van der Waals surface area contributed by atoms with Crippen molar-refractivity contribution in [1.82, 2.24) is 0 Å². The highest BCUT2D eigenvalue weighted by atomic mass is 32.2. The minimum atomic E-state index is -4.74. The number of sulfonamides is 1. The van der Waals surface area contributed by atoms with E-state index in [1.54, 1.807) is 6.07 Å². The third-order valence-electron chi connectivity index (χ3n) is 4.71. The van der Waals surface area contributed by atoms with E-state index >= 15 is 0 Å². The van der Waals surface area contributed by atoms with Gasteiger partial charge in [0.1, 0.15) is 17.4 Å². The van der Waals surface area contributed by atoms with Crippen molar-refractivity contribution in [3.8, 4) is 16.9 Å². The first-order chi connectivity index (χ1) is 15.0. The van der Waals surface area contributed by atoms with Gasteiger partial charge >= 0.3 is 6.18 Å². The molecule has 1 N–H and O–H groups in total. The van der Waals surface area contributed by atoms with Crippen molar-refractivity contribution in [1.29, 1.82) is 0 Å². The number of nitrogens with one attached hydrogen (secondary N) is 1. The second kappa shape index (κ2) is 8.09. The van der Waals surface area contributed by atoms with Gasteiger partial charge in [0.2, 0.25) is 0 Å². The Bertz CT molecular complexity index is 1270. The predicted octanol–water partition coefficient (Wildman–Crippen LogP) is 5.99. The van der Waals surface area contributed by atoms with Gasteiger partial charge in [-0.2, -0.15) is 13.2 Å². The van der Waals surface area contributed by atoms with E-state index in [1.165, 1.54) is 18.2 Å². The molecule has 0 amide bonds. The van der Waals surface area contributed by atoms with Crippen LogP contribution >= 0.6 is 0 Å². The molecule has 1 aliphatic rings. The summed E-state index contributed by atoms with van der Waals surface area (Å²) in [6, 6.07) is 10.5. The third kappa shape index (κ3) is 5.01. The van der Waals surface area contributed by atoms with E-state index in [4.69, 9.17) is 4.74 Å². The number of alkyl halides is 3. The molecule has 168 valence electrons. The molecule has 4 rings (SSSR count). The zero-order valence-corrected chi connectivity index (χ0v) is 17.1. The van der Waals surface area contributed by atoms with Crippen molar-refractivity contribution in [3.05, 3.63) is 77.9 Å². The van der Waals surface area contributed by atoms with Crippen molar-refractivity contribution in [2.45, 2.75) is 30.0 Å². The molecule has 0 radical (unpaired) electrons. The maximum Gasteiger partial charge on any atom is 0.416 e. The summed E-state index contributed by atoms with van der Waals surface area (Å²) >= 11 is 0. The molecule has 4 nitrogen and oxygen atoms in total. The molecule has 1 aliphatic carbocycles. The molecule has 0 unspecified atom stereocenters. The van der Waals surface area contributed by atoms with Gasteiger partial charge in [-0.15, -0.1) is 0 Å². The van der Waals surface area contributed by atoms with Crippen LogP contribution in [0.25, 0.3) is 11.1 Å². The summed E-state index contributed by atoms with van der Waals surface area (Å²) in [6.07, 6.45) is -2.99. The summed E-state index contributed by atoms with van der Waals surface area (Å²) in [5.74, 6) is -1.25. The standard InChI is InChI=1S/C22H16F5NO3S/c23-16-8-14(9-18(12-16)31-17-5-6-17)13-4-7-20(24)21(10-13)28-32(29,30)19-3-1-2-15(11-19)22(25,26)27/h1-4,7-12,17,28H,5-6H2. The highest BCUT2D eigenvalue weighted by Crippen LogP contribution is 2.34. The molecule has 0 spiro atoms. The van der Waals surface area contributed by atoms with Gasteiger partial charge in [0.05, 0.1) is 22.3 Å². The lowest BCUT2D eigenvalue weighted by Crippen LogP contribution is -2.15. The van der Waals surface area contributed by atoms with Crippen molar-refractivity contribution < 1.29 is 35.1 Å². The second-order valence-electron chi connectivity index (χ2n) is 7.32. The third-order valence-corrected chi connectivity index (χ3v) is 6.08. The fraction of sp³-hybridized carbons (Fsp3) is 0.182. The summed E-state index contributed by atoms with van der Waals surface area (Å²) in [5.41, 5.74) is -1.04. The second-order valence-corrected chi connectivity index (χ2v) is 9.00. The van der Waals surface area contributed by atoms with E-state index < -0.39 is 44.0 Å². The zero-order valence-electron chi connectivity index (χ0n) is 16.3. The summed E-state index contributed by atoms with van der Waals surface area (Å²) in [6.45, 7) is 0. The molecule has 0 saturated heterocycles. The molecule has 0 aromatic heterocycles. The van der Waals surface area contributed by atoms with E-state index in [0.29, 0.717) is 11.6 Å². The average molecular weight is 469 g/mol. The number of anilines is 1. The van der Waals surface area contributed by atoms with Gasteiger partial charge < -0.3 is 4.74 Å². The minimum absolute atomic E-state index is 0.0210. The van der Waals surface area contributed by atoms with Gasteiger partial charge in [-0.25, -0.2) is 17.2 Å². The molecule has 0 bridgehead atoms. The topological polar surface area (TPSA) is 55.4 Å². The van der Waals surface area contributed by atoms with Gasteiger partial charge in [-0.1, -0.05) is 12.1 Å². The Morgan fingerprint density at radius 1 is 0.906 bits per heavy atom. The summed E-state index contributed by atoms with van der Waals surface area (Å²) < 4.78 is 99.9. The Morgan fingerprint density at radius 3 is 2.34 bits per heavy atom. The van der Waals surface area contributed by atoms with Crippen LogP contribution in [-0.4, -0.2) is 14.5 Å². The molecule has 10 heteroatoms. The van der Waals surface area contributed by atoms with Crippen LogP contribution in [0.5, 0.6) is 5.75 Å². The smallest absolute Gasteiger partial charge is 0.416 e. The van der Waals surface area contributed by atoms with Crippen molar-refractivity contribution in [3.63, 3.8) is 0 Å². The van der Waals surface area contributed by atoms with Crippen molar-refractivity contribution in [2.24, 2.45) is 0 Å². The Morgan fingerprint density at radius 2 is 1.66 bits per heavy atom. The molecule has 3 aromatic carbocycles. The number of hydrogen-bond acceptors (Lipinski definition) is 3. The van der Waals surface area contributed by atoms with Crippen LogP contribution in [0.3, 0.4) is 0 Å². The zero-order chi connectivity index (χ0) is 23.1. The number of rotatable bonds is 6. The maximum atomic E-state index is 14.3. The van der Waals surface area contributed by atoms with Crippen molar-refractivity contribution >= 4 is 15.7 Å². The number of halogens is 5. The predicted molar refractivity (Wildman–Crippen MR) is 108 cm³/mol. The molecule has 0 atom stereocenters.